The molecule has 0 aromatic heterocycles. The molecule has 14 heavy (non-hydrogen) atoms. The second kappa shape index (κ2) is 4.60. The van der Waals surface area contributed by atoms with Crippen molar-refractivity contribution in [1.82, 2.24) is 10.2 Å². The van der Waals surface area contributed by atoms with E-state index in [1.54, 1.807) is 0 Å². The quantitative estimate of drug-likeness (QED) is 0.682. The van der Waals surface area contributed by atoms with Crippen LogP contribution in [0.3, 0.4) is 0 Å². The fourth-order valence-electron chi connectivity index (χ4n) is 3.03. The molecule has 1 aliphatic carbocycles. The van der Waals surface area contributed by atoms with Crippen molar-refractivity contribution in [1.29, 1.82) is 0 Å². The van der Waals surface area contributed by atoms with Gasteiger partial charge in [-0.25, -0.2) is 0 Å². The van der Waals surface area contributed by atoms with Crippen LogP contribution in [0.25, 0.3) is 0 Å². The highest BCUT2D eigenvalue weighted by Crippen LogP contribution is 2.37. The van der Waals surface area contributed by atoms with Crippen molar-refractivity contribution in [3.8, 4) is 0 Å². The normalized spacial score (nSPS) is 34.7. The molecule has 2 N–H and O–H groups in total. The van der Waals surface area contributed by atoms with Crippen LogP contribution in [0.5, 0.6) is 0 Å². The number of fused-ring (bicyclic) bond motifs is 1. The molecule has 3 nitrogen and oxygen atoms in total. The minimum Gasteiger partial charge on any atom is -0.395 e. The molecule has 1 heterocycles. The van der Waals surface area contributed by atoms with E-state index >= 15 is 0 Å². The number of hydrogen-bond donors (Lipinski definition) is 2. The Kier molecular flexibility index (Phi) is 3.42. The van der Waals surface area contributed by atoms with Crippen LogP contribution in [0.2, 0.25) is 0 Å². The smallest absolute Gasteiger partial charge is 0.0597 e. The van der Waals surface area contributed by atoms with Gasteiger partial charge in [0.15, 0.2) is 0 Å². The van der Waals surface area contributed by atoms with Gasteiger partial charge in [0.2, 0.25) is 0 Å². The second-order valence-electron chi connectivity index (χ2n) is 4.84. The fourth-order valence-corrected chi connectivity index (χ4v) is 3.03. The van der Waals surface area contributed by atoms with E-state index < -0.39 is 0 Å². The maximum Gasteiger partial charge on any atom is 0.0597 e. The first-order valence-electron chi connectivity index (χ1n) is 5.84. The van der Waals surface area contributed by atoms with Gasteiger partial charge in [0.05, 0.1) is 6.61 Å². The number of nitrogens with one attached hydrogen (secondary N) is 1. The highest BCUT2D eigenvalue weighted by Gasteiger charge is 2.36. The molecule has 0 spiro atoms. The van der Waals surface area contributed by atoms with Gasteiger partial charge in [0.25, 0.3) is 0 Å². The zero-order valence-electron chi connectivity index (χ0n) is 9.08. The summed E-state index contributed by atoms with van der Waals surface area (Å²) in [7, 11) is 1.93. The van der Waals surface area contributed by atoms with Gasteiger partial charge in [-0.05, 0) is 31.7 Å². The van der Waals surface area contributed by atoms with Gasteiger partial charge in [-0.2, -0.15) is 0 Å². The van der Waals surface area contributed by atoms with Crippen molar-refractivity contribution in [3.05, 3.63) is 0 Å². The van der Waals surface area contributed by atoms with E-state index in [4.69, 9.17) is 5.11 Å². The third kappa shape index (κ3) is 2.10. The Hall–Kier alpha value is -0.120. The maximum absolute atomic E-state index is 9.10. The summed E-state index contributed by atoms with van der Waals surface area (Å²) in [6.07, 6.45) is 4.31. The zero-order chi connectivity index (χ0) is 9.97. The molecule has 0 amide bonds. The Labute approximate surface area is 86.5 Å². The third-order valence-corrected chi connectivity index (χ3v) is 3.91. The fraction of sp³-hybridized carbons (Fsp3) is 1.00. The highest BCUT2D eigenvalue weighted by molar-refractivity contribution is 4.89. The summed E-state index contributed by atoms with van der Waals surface area (Å²) in [6, 6.07) is 0.258. The summed E-state index contributed by atoms with van der Waals surface area (Å²) in [5, 5.41) is 12.3. The predicted octanol–water partition coefficient (Wildman–Crippen LogP) is 0.299. The molecule has 82 valence electrons. The van der Waals surface area contributed by atoms with Gasteiger partial charge < -0.3 is 15.3 Å². The van der Waals surface area contributed by atoms with E-state index in [9.17, 15) is 0 Å². The van der Waals surface area contributed by atoms with Crippen molar-refractivity contribution in [2.45, 2.75) is 25.3 Å². The molecule has 0 radical (unpaired) electrons. The van der Waals surface area contributed by atoms with Crippen LogP contribution in [0.4, 0.5) is 0 Å². The Balaban J connectivity index is 1.78. The SMILES string of the molecule is CNC(CO)CN1CC2CCCC2C1. The van der Waals surface area contributed by atoms with Crippen molar-refractivity contribution in [2.75, 3.05) is 33.3 Å². The van der Waals surface area contributed by atoms with E-state index in [1.165, 1.54) is 32.4 Å². The number of nitrogens with zero attached hydrogens (tertiary/aromatic N) is 1. The minimum absolute atomic E-state index is 0.252. The van der Waals surface area contributed by atoms with Crippen LogP contribution in [0.15, 0.2) is 0 Å². The molecule has 1 aliphatic heterocycles. The molecule has 2 aliphatic rings. The lowest BCUT2D eigenvalue weighted by atomic mass is 10.0. The molecule has 2 fully saturated rings. The van der Waals surface area contributed by atoms with Crippen molar-refractivity contribution < 1.29 is 5.11 Å². The molecule has 0 aromatic rings. The summed E-state index contributed by atoms with van der Waals surface area (Å²) < 4.78 is 0. The van der Waals surface area contributed by atoms with Gasteiger partial charge in [0.1, 0.15) is 0 Å². The number of aliphatic hydroxyl groups is 1. The van der Waals surface area contributed by atoms with Gasteiger partial charge in [0, 0.05) is 25.7 Å². The highest BCUT2D eigenvalue weighted by atomic mass is 16.3. The van der Waals surface area contributed by atoms with Crippen LogP contribution in [0, 0.1) is 11.8 Å². The van der Waals surface area contributed by atoms with Gasteiger partial charge in [-0.1, -0.05) is 6.42 Å². The third-order valence-electron chi connectivity index (χ3n) is 3.91. The summed E-state index contributed by atoms with van der Waals surface area (Å²) in [5.41, 5.74) is 0. The van der Waals surface area contributed by atoms with E-state index in [1.807, 2.05) is 7.05 Å². The Morgan fingerprint density at radius 2 is 2.00 bits per heavy atom. The Morgan fingerprint density at radius 3 is 2.50 bits per heavy atom. The number of aliphatic hydroxyl groups excluding tert-OH is 1. The van der Waals surface area contributed by atoms with Crippen LogP contribution in [-0.2, 0) is 0 Å². The molecule has 0 aromatic carbocycles. The summed E-state index contributed by atoms with van der Waals surface area (Å²) in [6.45, 7) is 3.80. The molecule has 0 bridgehead atoms. The molecule has 3 unspecified atom stereocenters. The lowest BCUT2D eigenvalue weighted by molar-refractivity contribution is 0.198. The zero-order valence-corrected chi connectivity index (χ0v) is 9.08. The van der Waals surface area contributed by atoms with Crippen molar-refractivity contribution >= 4 is 0 Å². The lowest BCUT2D eigenvalue weighted by Crippen LogP contribution is -2.41. The van der Waals surface area contributed by atoms with E-state index in [2.05, 4.69) is 10.2 Å². The Bertz CT molecular complexity index is 170. The van der Waals surface area contributed by atoms with Crippen LogP contribution >= 0.6 is 0 Å². The average molecular weight is 198 g/mol. The monoisotopic (exact) mass is 198 g/mol. The van der Waals surface area contributed by atoms with Crippen molar-refractivity contribution in [2.24, 2.45) is 11.8 Å². The summed E-state index contributed by atoms with van der Waals surface area (Å²) in [4.78, 5) is 2.52. The second-order valence-corrected chi connectivity index (χ2v) is 4.84. The number of likely N-dealkylation sites (N-methyl/N-ethyl adjacent to an activating group) is 1. The largest absolute Gasteiger partial charge is 0.395 e. The molecule has 3 heteroatoms. The first kappa shape index (κ1) is 10.4. The molecule has 1 saturated heterocycles. The van der Waals surface area contributed by atoms with E-state index in [-0.39, 0.29) is 12.6 Å². The summed E-state index contributed by atoms with van der Waals surface area (Å²) >= 11 is 0. The standard InChI is InChI=1S/C11H22N2O/c1-12-11(8-14)7-13-5-9-3-2-4-10(9)6-13/h9-12,14H,2-8H2,1H3. The van der Waals surface area contributed by atoms with Crippen LogP contribution in [0.1, 0.15) is 19.3 Å². The topological polar surface area (TPSA) is 35.5 Å². The molecular formula is C11H22N2O. The molecule has 2 rings (SSSR count). The first-order chi connectivity index (χ1) is 6.83. The average Bonchev–Trinajstić information content (AvgIpc) is 2.73. The van der Waals surface area contributed by atoms with Crippen LogP contribution < -0.4 is 5.32 Å². The van der Waals surface area contributed by atoms with Gasteiger partial charge >= 0.3 is 0 Å². The number of hydrogen-bond acceptors (Lipinski definition) is 3. The first-order valence-corrected chi connectivity index (χ1v) is 5.84. The van der Waals surface area contributed by atoms with Gasteiger partial charge in [-0.3, -0.25) is 0 Å². The minimum atomic E-state index is 0.252. The number of likely N-dealkylation sites (tertiary alicyclic amines) is 1. The molecular weight excluding hydrogens is 176 g/mol. The predicted molar refractivity (Wildman–Crippen MR) is 57.2 cm³/mol. The molecule has 1 saturated carbocycles. The molecule has 3 atom stereocenters. The maximum atomic E-state index is 9.10. The Morgan fingerprint density at radius 1 is 1.36 bits per heavy atom. The van der Waals surface area contributed by atoms with Gasteiger partial charge in [-0.15, -0.1) is 0 Å². The number of rotatable bonds is 4. The van der Waals surface area contributed by atoms with E-state index in [0.29, 0.717) is 0 Å². The summed E-state index contributed by atoms with van der Waals surface area (Å²) in [5.74, 6) is 1.93. The lowest BCUT2D eigenvalue weighted by Gasteiger charge is -2.22. The van der Waals surface area contributed by atoms with E-state index in [0.717, 1.165) is 18.4 Å². The van der Waals surface area contributed by atoms with Crippen molar-refractivity contribution in [3.63, 3.8) is 0 Å². The van der Waals surface area contributed by atoms with Crippen LogP contribution in [-0.4, -0.2) is 49.3 Å².